The first-order valence-electron chi connectivity index (χ1n) is 8.70. The highest BCUT2D eigenvalue weighted by molar-refractivity contribution is 5.79. The predicted octanol–water partition coefficient (Wildman–Crippen LogP) is 1.45. The van der Waals surface area contributed by atoms with Gasteiger partial charge >= 0.3 is 0 Å². The van der Waals surface area contributed by atoms with Crippen molar-refractivity contribution in [2.24, 2.45) is 4.99 Å². The molecule has 0 atom stereocenters. The molecular weight excluding hydrogens is 332 g/mol. The first kappa shape index (κ1) is 18.0. The van der Waals surface area contributed by atoms with Crippen LogP contribution in [0.4, 0.5) is 0 Å². The number of methoxy groups -OCH3 is 2. The van der Waals surface area contributed by atoms with E-state index >= 15 is 0 Å². The van der Waals surface area contributed by atoms with Crippen LogP contribution in [0.3, 0.4) is 0 Å². The van der Waals surface area contributed by atoms with E-state index in [2.05, 4.69) is 25.1 Å². The maximum absolute atomic E-state index is 5.48. The molecule has 0 saturated carbocycles. The first-order valence-corrected chi connectivity index (χ1v) is 8.70. The second-order valence-electron chi connectivity index (χ2n) is 6.22. The molecule has 8 heteroatoms. The third-order valence-corrected chi connectivity index (χ3v) is 4.57. The Labute approximate surface area is 153 Å². The smallest absolute Gasteiger partial charge is 0.194 e. The van der Waals surface area contributed by atoms with E-state index in [0.717, 1.165) is 54.1 Å². The van der Waals surface area contributed by atoms with Crippen molar-refractivity contribution in [2.75, 3.05) is 28.3 Å². The minimum Gasteiger partial charge on any atom is -0.497 e. The van der Waals surface area contributed by atoms with Crippen molar-refractivity contribution in [1.29, 1.82) is 0 Å². The van der Waals surface area contributed by atoms with Gasteiger partial charge in [-0.15, -0.1) is 10.2 Å². The highest BCUT2D eigenvalue weighted by Gasteiger charge is 2.18. The Bertz CT molecular complexity index is 786. The summed E-state index contributed by atoms with van der Waals surface area (Å²) in [4.78, 5) is 6.42. The molecule has 0 unspecified atom stereocenters. The fourth-order valence-corrected chi connectivity index (χ4v) is 3.20. The number of guanidine groups is 1. The molecule has 1 aliphatic rings. The Hall–Kier alpha value is -2.77. The Balaban J connectivity index is 1.64. The average Bonchev–Trinajstić information content (AvgIpc) is 3.27. The third kappa shape index (κ3) is 3.74. The first-order chi connectivity index (χ1) is 12.7. The Morgan fingerprint density at radius 1 is 1.31 bits per heavy atom. The Kier molecular flexibility index (Phi) is 5.60. The van der Waals surface area contributed by atoms with E-state index in [4.69, 9.17) is 9.47 Å². The van der Waals surface area contributed by atoms with Gasteiger partial charge in [-0.3, -0.25) is 4.99 Å². The van der Waals surface area contributed by atoms with Crippen molar-refractivity contribution >= 4 is 5.96 Å². The molecular formula is C18H26N6O2. The van der Waals surface area contributed by atoms with Crippen molar-refractivity contribution in [1.82, 2.24) is 25.0 Å². The molecule has 1 aromatic heterocycles. The van der Waals surface area contributed by atoms with Gasteiger partial charge in [0.1, 0.15) is 17.3 Å². The number of aryl methyl sites for hydroxylation is 1. The number of benzene rings is 1. The Morgan fingerprint density at radius 2 is 2.15 bits per heavy atom. The van der Waals surface area contributed by atoms with Crippen molar-refractivity contribution < 1.29 is 9.47 Å². The van der Waals surface area contributed by atoms with Gasteiger partial charge < -0.3 is 24.3 Å². The molecule has 0 spiro atoms. The zero-order chi connectivity index (χ0) is 18.5. The molecule has 3 rings (SSSR count). The van der Waals surface area contributed by atoms with Gasteiger partial charge in [0.2, 0.25) is 0 Å². The molecule has 1 aromatic carbocycles. The number of nitrogens with zero attached hydrogens (tertiary/aromatic N) is 5. The monoisotopic (exact) mass is 358 g/mol. The number of aromatic nitrogens is 3. The van der Waals surface area contributed by atoms with E-state index in [9.17, 15) is 0 Å². The summed E-state index contributed by atoms with van der Waals surface area (Å²) in [5, 5.41) is 11.9. The summed E-state index contributed by atoms with van der Waals surface area (Å²) in [7, 11) is 7.08. The van der Waals surface area contributed by atoms with Crippen LogP contribution in [-0.2, 0) is 26.1 Å². The lowest BCUT2D eigenvalue weighted by Crippen LogP contribution is -2.38. The van der Waals surface area contributed by atoms with E-state index in [1.807, 2.05) is 30.1 Å². The summed E-state index contributed by atoms with van der Waals surface area (Å²) >= 11 is 0. The Morgan fingerprint density at radius 3 is 2.88 bits per heavy atom. The predicted molar refractivity (Wildman–Crippen MR) is 99.6 cm³/mol. The van der Waals surface area contributed by atoms with Gasteiger partial charge in [-0.1, -0.05) is 0 Å². The zero-order valence-electron chi connectivity index (χ0n) is 15.8. The molecule has 0 radical (unpaired) electrons. The molecule has 0 bridgehead atoms. The normalized spacial score (nSPS) is 13.5. The SMILES string of the molecule is CN=C(NCc1nnc2n1CCC2)N(C)Cc1ccc(OC)cc1OC. The molecule has 2 heterocycles. The van der Waals surface area contributed by atoms with Crippen LogP contribution in [-0.4, -0.2) is 53.9 Å². The van der Waals surface area contributed by atoms with Crippen molar-refractivity contribution in [3.63, 3.8) is 0 Å². The summed E-state index contributed by atoms with van der Waals surface area (Å²) in [5.74, 6) is 4.39. The van der Waals surface area contributed by atoms with Crippen LogP contribution < -0.4 is 14.8 Å². The topological polar surface area (TPSA) is 76.8 Å². The maximum atomic E-state index is 5.48. The van der Waals surface area contributed by atoms with E-state index in [0.29, 0.717) is 13.1 Å². The molecule has 2 aromatic rings. The van der Waals surface area contributed by atoms with E-state index in [1.165, 1.54) is 0 Å². The van der Waals surface area contributed by atoms with Crippen LogP contribution in [0.5, 0.6) is 11.5 Å². The molecule has 0 saturated heterocycles. The molecule has 1 aliphatic heterocycles. The molecule has 0 amide bonds. The third-order valence-electron chi connectivity index (χ3n) is 4.57. The largest absolute Gasteiger partial charge is 0.497 e. The number of fused-ring (bicyclic) bond motifs is 1. The second-order valence-corrected chi connectivity index (χ2v) is 6.22. The summed E-state index contributed by atoms with van der Waals surface area (Å²) in [6, 6.07) is 5.83. The highest BCUT2D eigenvalue weighted by atomic mass is 16.5. The maximum Gasteiger partial charge on any atom is 0.194 e. The van der Waals surface area contributed by atoms with E-state index < -0.39 is 0 Å². The molecule has 0 aliphatic carbocycles. The number of ether oxygens (including phenoxy) is 2. The lowest BCUT2D eigenvalue weighted by atomic mass is 10.2. The summed E-state index contributed by atoms with van der Waals surface area (Å²) < 4.78 is 12.9. The summed E-state index contributed by atoms with van der Waals surface area (Å²) in [6.07, 6.45) is 2.16. The van der Waals surface area contributed by atoms with Crippen LogP contribution in [0.15, 0.2) is 23.2 Å². The molecule has 140 valence electrons. The number of rotatable bonds is 6. The van der Waals surface area contributed by atoms with Crippen molar-refractivity contribution in [3.8, 4) is 11.5 Å². The molecule has 8 nitrogen and oxygen atoms in total. The lowest BCUT2D eigenvalue weighted by Gasteiger charge is -2.23. The van der Waals surface area contributed by atoms with Gasteiger partial charge in [0.25, 0.3) is 0 Å². The second kappa shape index (κ2) is 8.07. The minimum atomic E-state index is 0.601. The van der Waals surface area contributed by atoms with E-state index in [1.54, 1.807) is 21.3 Å². The van der Waals surface area contributed by atoms with Gasteiger partial charge in [-0.2, -0.15) is 0 Å². The zero-order valence-corrected chi connectivity index (χ0v) is 15.8. The van der Waals surface area contributed by atoms with Gasteiger partial charge in [0.05, 0.1) is 20.8 Å². The number of aliphatic imine (C=N–C) groups is 1. The van der Waals surface area contributed by atoms with Crippen LogP contribution in [0.2, 0.25) is 0 Å². The highest BCUT2D eigenvalue weighted by Crippen LogP contribution is 2.25. The van der Waals surface area contributed by atoms with Crippen LogP contribution in [0.1, 0.15) is 23.6 Å². The number of hydrogen-bond acceptors (Lipinski definition) is 5. The minimum absolute atomic E-state index is 0.601. The van der Waals surface area contributed by atoms with Crippen LogP contribution in [0.25, 0.3) is 0 Å². The van der Waals surface area contributed by atoms with Crippen molar-refractivity contribution in [2.45, 2.75) is 32.5 Å². The van der Waals surface area contributed by atoms with Crippen molar-refractivity contribution in [3.05, 3.63) is 35.4 Å². The van der Waals surface area contributed by atoms with Gasteiger partial charge in [-0.05, 0) is 18.6 Å². The van der Waals surface area contributed by atoms with Crippen LogP contribution in [0, 0.1) is 0 Å². The molecule has 26 heavy (non-hydrogen) atoms. The standard InChI is InChI=1S/C18H26N6O2/c1-19-18(20-11-17-22-21-16-6-5-9-24(16)17)23(2)12-13-7-8-14(25-3)10-15(13)26-4/h7-8,10H,5-6,9,11-12H2,1-4H3,(H,19,20). The fraction of sp³-hybridized carbons (Fsp3) is 0.500. The summed E-state index contributed by atoms with van der Waals surface area (Å²) in [5.41, 5.74) is 1.06. The van der Waals surface area contributed by atoms with Gasteiger partial charge in [-0.25, -0.2) is 0 Å². The number of hydrogen-bond donors (Lipinski definition) is 1. The molecule has 1 N–H and O–H groups in total. The average molecular weight is 358 g/mol. The van der Waals surface area contributed by atoms with Crippen LogP contribution >= 0.6 is 0 Å². The van der Waals surface area contributed by atoms with Gasteiger partial charge in [0.15, 0.2) is 11.8 Å². The number of nitrogens with one attached hydrogen (secondary N) is 1. The fourth-order valence-electron chi connectivity index (χ4n) is 3.20. The quantitative estimate of drug-likeness (QED) is 0.622. The van der Waals surface area contributed by atoms with Gasteiger partial charge in [0, 0.05) is 45.2 Å². The summed E-state index contributed by atoms with van der Waals surface area (Å²) in [6.45, 7) is 2.26. The lowest BCUT2D eigenvalue weighted by molar-refractivity contribution is 0.382. The molecule has 0 fully saturated rings. The van der Waals surface area contributed by atoms with E-state index in [-0.39, 0.29) is 0 Å².